The first kappa shape index (κ1) is 24.8. The third-order valence-corrected chi connectivity index (χ3v) is 9.24. The van der Waals surface area contributed by atoms with Crippen LogP contribution in [0.15, 0.2) is 88.0 Å². The second-order valence-corrected chi connectivity index (χ2v) is 11.3. The number of hydrogen-bond acceptors (Lipinski definition) is 7. The van der Waals surface area contributed by atoms with Crippen molar-refractivity contribution in [1.29, 1.82) is 5.26 Å². The summed E-state index contributed by atoms with van der Waals surface area (Å²) in [5.41, 5.74) is 9.86. The molecule has 4 rings (SSSR count). The molecule has 1 aromatic heterocycles. The van der Waals surface area contributed by atoms with E-state index in [1.54, 1.807) is 34.0 Å². The third kappa shape index (κ3) is 5.52. The van der Waals surface area contributed by atoms with Crippen LogP contribution < -0.4 is 10.6 Å². The topological polar surface area (TPSA) is 103 Å². The number of fused-ring (bicyclic) bond motifs is 1. The van der Waals surface area contributed by atoms with E-state index >= 15 is 0 Å². The summed E-state index contributed by atoms with van der Waals surface area (Å²) in [4.78, 5) is 6.44. The minimum absolute atomic E-state index is 0.162. The molecule has 7 nitrogen and oxygen atoms in total. The Labute approximate surface area is 210 Å². The number of hydrogen-bond donors (Lipinski definition) is 1. The Hall–Kier alpha value is -3.29. The third-order valence-electron chi connectivity index (χ3n) is 5.97. The second kappa shape index (κ2) is 11.0. The lowest BCUT2D eigenvalue weighted by Gasteiger charge is -2.32. The predicted molar refractivity (Wildman–Crippen MR) is 141 cm³/mol. The number of anilines is 1. The van der Waals surface area contributed by atoms with E-state index in [1.807, 2.05) is 36.4 Å². The summed E-state index contributed by atoms with van der Waals surface area (Å²) in [7, 11) is -3.77. The van der Waals surface area contributed by atoms with Crippen molar-refractivity contribution in [3.63, 3.8) is 0 Å². The maximum absolute atomic E-state index is 13.8. The fourth-order valence-electron chi connectivity index (χ4n) is 4.35. The summed E-state index contributed by atoms with van der Waals surface area (Å²) in [6.07, 6.45) is 2.01. The zero-order valence-electron chi connectivity index (χ0n) is 19.2. The van der Waals surface area contributed by atoms with Gasteiger partial charge in [0.05, 0.1) is 23.9 Å². The van der Waals surface area contributed by atoms with Crippen LogP contribution in [0.2, 0.25) is 0 Å². The molecular formula is C26H27N5O2S2. The number of nitrogens with two attached hydrogens (primary N) is 1. The van der Waals surface area contributed by atoms with Crippen LogP contribution in [0.3, 0.4) is 0 Å². The van der Waals surface area contributed by atoms with Crippen molar-refractivity contribution in [2.75, 3.05) is 24.5 Å². The largest absolute Gasteiger partial charge is 0.364 e. The van der Waals surface area contributed by atoms with Gasteiger partial charge in [-0.15, -0.1) is 11.3 Å². The smallest absolute Gasteiger partial charge is 0.253 e. The van der Waals surface area contributed by atoms with Crippen LogP contribution in [0.5, 0.6) is 0 Å². The Balaban J connectivity index is 1.84. The minimum Gasteiger partial charge on any atom is -0.364 e. The van der Waals surface area contributed by atoms with E-state index in [-0.39, 0.29) is 19.1 Å². The van der Waals surface area contributed by atoms with E-state index in [0.717, 1.165) is 22.5 Å². The number of nitrogens with zero attached hydrogens (tertiary/aromatic N) is 4. The van der Waals surface area contributed by atoms with Crippen LogP contribution in [0, 0.1) is 11.3 Å². The standard InChI is InChI=1S/C26H27N5O2S2/c1-2-29-23(16-28)18-30-19-24(14-20-7-4-3-5-8-20)31(35(32,33)26-9-6-12-34-26)17-22-13-21(15-27)10-11-25(22)30/h2-13,24H,1,14,16-19,28H2/b29-23+. The molecule has 0 fully saturated rings. The molecule has 0 spiro atoms. The van der Waals surface area contributed by atoms with Gasteiger partial charge in [-0.3, -0.25) is 4.99 Å². The number of rotatable bonds is 8. The lowest BCUT2D eigenvalue weighted by Crippen LogP contribution is -2.47. The maximum Gasteiger partial charge on any atom is 0.253 e. The molecule has 1 aliphatic rings. The summed E-state index contributed by atoms with van der Waals surface area (Å²) >= 11 is 1.21. The average Bonchev–Trinajstić information content (AvgIpc) is 3.38. The lowest BCUT2D eigenvalue weighted by molar-refractivity contribution is 0.320. The fraction of sp³-hybridized carbons (Fsp3) is 0.231. The van der Waals surface area contributed by atoms with Gasteiger partial charge in [-0.05, 0) is 47.2 Å². The zero-order valence-corrected chi connectivity index (χ0v) is 20.9. The molecular weight excluding hydrogens is 478 g/mol. The molecule has 0 aliphatic carbocycles. The van der Waals surface area contributed by atoms with Gasteiger partial charge >= 0.3 is 0 Å². The van der Waals surface area contributed by atoms with E-state index in [1.165, 1.54) is 17.5 Å². The minimum atomic E-state index is -3.77. The molecule has 35 heavy (non-hydrogen) atoms. The monoisotopic (exact) mass is 505 g/mol. The number of sulfonamides is 1. The highest BCUT2D eigenvalue weighted by molar-refractivity contribution is 7.91. The lowest BCUT2D eigenvalue weighted by atomic mass is 10.1. The normalized spacial score (nSPS) is 16.9. The zero-order chi connectivity index (χ0) is 24.8. The predicted octanol–water partition coefficient (Wildman–Crippen LogP) is 3.79. The summed E-state index contributed by atoms with van der Waals surface area (Å²) < 4.78 is 29.6. The van der Waals surface area contributed by atoms with Crippen LogP contribution in [0.4, 0.5) is 5.69 Å². The summed E-state index contributed by atoms with van der Waals surface area (Å²) in [5, 5.41) is 11.3. The Morgan fingerprint density at radius 2 is 2.03 bits per heavy atom. The average molecular weight is 506 g/mol. The van der Waals surface area contributed by atoms with Crippen molar-refractivity contribution in [2.45, 2.75) is 23.2 Å². The number of aliphatic imine (C=N–C) groups is 1. The van der Waals surface area contributed by atoms with Crippen molar-refractivity contribution in [3.05, 3.63) is 95.5 Å². The fourth-order valence-corrected chi connectivity index (χ4v) is 7.06. The van der Waals surface area contributed by atoms with Gasteiger partial charge in [0.2, 0.25) is 0 Å². The van der Waals surface area contributed by atoms with E-state index in [4.69, 9.17) is 5.73 Å². The van der Waals surface area contributed by atoms with Crippen molar-refractivity contribution in [1.82, 2.24) is 4.31 Å². The Morgan fingerprint density at radius 3 is 2.69 bits per heavy atom. The quantitative estimate of drug-likeness (QED) is 0.469. The Morgan fingerprint density at radius 1 is 1.23 bits per heavy atom. The van der Waals surface area contributed by atoms with Crippen molar-refractivity contribution >= 4 is 32.8 Å². The van der Waals surface area contributed by atoms with Crippen molar-refractivity contribution in [2.24, 2.45) is 10.7 Å². The number of nitriles is 1. The molecule has 0 bridgehead atoms. The van der Waals surface area contributed by atoms with Gasteiger partial charge in [0.15, 0.2) is 0 Å². The summed E-state index contributed by atoms with van der Waals surface area (Å²) in [5.74, 6) is 0. The number of benzene rings is 2. The molecule has 9 heteroatoms. The van der Waals surface area contributed by atoms with E-state index in [9.17, 15) is 13.7 Å². The molecule has 3 aromatic rings. The molecule has 2 N–H and O–H groups in total. The molecule has 0 amide bonds. The van der Waals surface area contributed by atoms with Crippen LogP contribution in [-0.4, -0.2) is 44.1 Å². The summed E-state index contributed by atoms with van der Waals surface area (Å²) in [6, 6.07) is 20.5. The Kier molecular flexibility index (Phi) is 7.78. The molecule has 0 radical (unpaired) electrons. The van der Waals surface area contributed by atoms with Crippen molar-refractivity contribution < 1.29 is 8.42 Å². The van der Waals surface area contributed by atoms with E-state index in [2.05, 4.69) is 22.5 Å². The SMILES string of the molecule is C=C/N=C(\CN)CN1CC(Cc2ccccc2)N(S(=O)(=O)c2cccs2)Cc2cc(C#N)ccc21. The molecule has 0 saturated carbocycles. The maximum atomic E-state index is 13.8. The molecule has 1 unspecified atom stereocenters. The van der Waals surface area contributed by atoms with Gasteiger partial charge in [-0.2, -0.15) is 9.57 Å². The van der Waals surface area contributed by atoms with Crippen LogP contribution in [0.1, 0.15) is 16.7 Å². The van der Waals surface area contributed by atoms with Crippen LogP contribution in [0.25, 0.3) is 0 Å². The van der Waals surface area contributed by atoms with E-state index in [0.29, 0.717) is 29.3 Å². The van der Waals surface area contributed by atoms with Gasteiger partial charge < -0.3 is 10.6 Å². The first-order chi connectivity index (χ1) is 17.0. The number of thiophene rings is 1. The highest BCUT2D eigenvalue weighted by Gasteiger charge is 2.37. The molecule has 2 aromatic carbocycles. The first-order valence-electron chi connectivity index (χ1n) is 11.2. The van der Waals surface area contributed by atoms with Gasteiger partial charge in [0.1, 0.15) is 4.21 Å². The van der Waals surface area contributed by atoms with Gasteiger partial charge in [0, 0.05) is 37.6 Å². The Bertz CT molecular complexity index is 1350. The van der Waals surface area contributed by atoms with Crippen LogP contribution in [-0.2, 0) is 23.0 Å². The van der Waals surface area contributed by atoms with Gasteiger partial charge in [-0.25, -0.2) is 8.42 Å². The van der Waals surface area contributed by atoms with Crippen molar-refractivity contribution in [3.8, 4) is 6.07 Å². The summed E-state index contributed by atoms with van der Waals surface area (Å²) in [6.45, 7) is 4.98. The highest BCUT2D eigenvalue weighted by Crippen LogP contribution is 2.34. The van der Waals surface area contributed by atoms with Crippen LogP contribution >= 0.6 is 11.3 Å². The molecule has 1 atom stereocenters. The van der Waals surface area contributed by atoms with Gasteiger partial charge in [-0.1, -0.05) is 43.0 Å². The van der Waals surface area contributed by atoms with E-state index < -0.39 is 10.0 Å². The second-order valence-electron chi connectivity index (χ2n) is 8.24. The molecule has 0 saturated heterocycles. The highest BCUT2D eigenvalue weighted by atomic mass is 32.2. The molecule has 1 aliphatic heterocycles. The van der Waals surface area contributed by atoms with Gasteiger partial charge in [0.25, 0.3) is 10.0 Å². The molecule has 180 valence electrons. The first-order valence-corrected chi connectivity index (χ1v) is 13.5. The molecule has 2 heterocycles.